The van der Waals surface area contributed by atoms with Crippen LogP contribution in [0.4, 0.5) is 11.4 Å². The molecular formula is C31H35N3O5S. The molecule has 2 N–H and O–H groups in total. The van der Waals surface area contributed by atoms with Crippen molar-refractivity contribution in [2.24, 2.45) is 5.41 Å². The van der Waals surface area contributed by atoms with Crippen LogP contribution in [0.15, 0.2) is 77.7 Å². The summed E-state index contributed by atoms with van der Waals surface area (Å²) in [6, 6.07) is 21.3. The number of benzene rings is 3. The van der Waals surface area contributed by atoms with Gasteiger partial charge in [0.1, 0.15) is 0 Å². The molecule has 40 heavy (non-hydrogen) atoms. The van der Waals surface area contributed by atoms with Gasteiger partial charge in [0.15, 0.2) is 5.60 Å². The lowest BCUT2D eigenvalue weighted by atomic mass is 9.85. The zero-order chi connectivity index (χ0) is 28.3. The summed E-state index contributed by atoms with van der Waals surface area (Å²) in [5.41, 5.74) is 1.28. The van der Waals surface area contributed by atoms with Crippen LogP contribution < -0.4 is 14.5 Å². The number of nitrogens with one attached hydrogen (secondary N) is 1. The van der Waals surface area contributed by atoms with Crippen LogP contribution in [-0.2, 0) is 31.7 Å². The molecule has 0 aromatic heterocycles. The molecule has 3 heterocycles. The average Bonchev–Trinajstić information content (AvgIpc) is 3.44. The zero-order valence-corrected chi connectivity index (χ0v) is 23.9. The highest BCUT2D eigenvalue weighted by Crippen LogP contribution is 2.45. The summed E-state index contributed by atoms with van der Waals surface area (Å²) in [4.78, 5) is 17.9. The molecule has 2 saturated heterocycles. The van der Waals surface area contributed by atoms with Crippen molar-refractivity contribution < 1.29 is 23.1 Å². The molecule has 1 spiro atoms. The standard InChI is InChI=1S/C31H35N3O5S/c1-29(2,3)32-40(37,38)25-14-10-23(11-15-25)31(36)26-6-4-5-7-27(26)34(28(31)35)18-22-8-12-24(13-9-22)33-17-16-30(19-33)20-39-21-30/h4-15,32,36H,16-21H2,1-3H3. The molecule has 6 rings (SSSR count). The third-order valence-electron chi connectivity index (χ3n) is 8.06. The van der Waals surface area contributed by atoms with E-state index in [1.807, 2.05) is 24.3 Å². The molecule has 0 aliphatic carbocycles. The summed E-state index contributed by atoms with van der Waals surface area (Å²) in [5, 5.41) is 11.9. The molecule has 0 saturated carbocycles. The van der Waals surface area contributed by atoms with Crippen molar-refractivity contribution in [3.63, 3.8) is 0 Å². The lowest BCUT2D eigenvalue weighted by molar-refractivity contribution is -0.132. The number of rotatable bonds is 6. The van der Waals surface area contributed by atoms with Crippen LogP contribution in [0.2, 0.25) is 0 Å². The third-order valence-corrected chi connectivity index (χ3v) is 9.83. The summed E-state index contributed by atoms with van der Waals surface area (Å²) in [6.45, 7) is 9.31. The minimum atomic E-state index is -3.75. The maximum absolute atomic E-state index is 13.9. The number of amides is 1. The number of para-hydroxylation sites is 1. The largest absolute Gasteiger partial charge is 0.380 e. The molecule has 8 nitrogen and oxygen atoms in total. The predicted molar refractivity (Wildman–Crippen MR) is 154 cm³/mol. The van der Waals surface area contributed by atoms with Gasteiger partial charge >= 0.3 is 0 Å². The Balaban J connectivity index is 1.24. The van der Waals surface area contributed by atoms with Crippen LogP contribution >= 0.6 is 0 Å². The summed E-state index contributed by atoms with van der Waals surface area (Å²) in [7, 11) is -3.75. The van der Waals surface area contributed by atoms with Crippen molar-refractivity contribution >= 4 is 27.3 Å². The third kappa shape index (κ3) is 4.60. The van der Waals surface area contributed by atoms with Crippen molar-refractivity contribution in [1.29, 1.82) is 0 Å². The monoisotopic (exact) mass is 561 g/mol. The maximum atomic E-state index is 13.9. The van der Waals surface area contributed by atoms with E-state index in [4.69, 9.17) is 4.74 Å². The van der Waals surface area contributed by atoms with Gasteiger partial charge < -0.3 is 19.6 Å². The van der Waals surface area contributed by atoms with Gasteiger partial charge in [0.05, 0.1) is 30.3 Å². The summed E-state index contributed by atoms with van der Waals surface area (Å²) >= 11 is 0. The number of sulfonamides is 1. The van der Waals surface area contributed by atoms with Gasteiger partial charge in [0.25, 0.3) is 5.91 Å². The molecule has 3 aromatic carbocycles. The number of carbonyl (C=O) groups is 1. The molecule has 0 radical (unpaired) electrons. The lowest BCUT2D eigenvalue weighted by Gasteiger charge is -2.37. The van der Waals surface area contributed by atoms with E-state index in [1.165, 1.54) is 24.3 Å². The molecule has 1 atom stereocenters. The minimum absolute atomic E-state index is 0.0687. The Bertz CT molecular complexity index is 1540. The number of ether oxygens (including phenoxy) is 1. The van der Waals surface area contributed by atoms with Gasteiger partial charge in [-0.15, -0.1) is 0 Å². The number of hydrogen-bond acceptors (Lipinski definition) is 6. The second kappa shape index (κ2) is 9.41. The Labute approximate surface area is 235 Å². The first-order valence-corrected chi connectivity index (χ1v) is 15.1. The van der Waals surface area contributed by atoms with E-state index in [0.717, 1.165) is 44.0 Å². The van der Waals surface area contributed by atoms with Crippen LogP contribution in [0.25, 0.3) is 0 Å². The van der Waals surface area contributed by atoms with Crippen molar-refractivity contribution in [1.82, 2.24) is 4.72 Å². The van der Waals surface area contributed by atoms with Crippen LogP contribution in [0.1, 0.15) is 43.9 Å². The molecule has 3 aliphatic rings. The number of anilines is 2. The molecule has 210 valence electrons. The Kier molecular flexibility index (Phi) is 6.34. The van der Waals surface area contributed by atoms with Gasteiger partial charge in [0, 0.05) is 35.3 Å². The van der Waals surface area contributed by atoms with Gasteiger partial charge in [-0.2, -0.15) is 0 Å². The van der Waals surface area contributed by atoms with Crippen molar-refractivity contribution in [3.8, 4) is 0 Å². The van der Waals surface area contributed by atoms with E-state index in [-0.39, 0.29) is 4.90 Å². The smallest absolute Gasteiger partial charge is 0.268 e. The number of nitrogens with zero attached hydrogens (tertiary/aromatic N) is 2. The van der Waals surface area contributed by atoms with Gasteiger partial charge in [-0.25, -0.2) is 13.1 Å². The Morgan fingerprint density at radius 2 is 1.65 bits per heavy atom. The Morgan fingerprint density at radius 3 is 2.25 bits per heavy atom. The van der Waals surface area contributed by atoms with Crippen molar-refractivity contribution in [2.45, 2.75) is 49.8 Å². The first kappa shape index (κ1) is 27.0. The fraction of sp³-hybridized carbons (Fsp3) is 0.387. The molecule has 2 fully saturated rings. The minimum Gasteiger partial charge on any atom is -0.380 e. The lowest BCUT2D eigenvalue weighted by Crippen LogP contribution is -2.44. The van der Waals surface area contributed by atoms with E-state index in [1.54, 1.807) is 37.8 Å². The highest BCUT2D eigenvalue weighted by molar-refractivity contribution is 7.89. The summed E-state index contributed by atoms with van der Waals surface area (Å²) in [5.74, 6) is -0.465. The van der Waals surface area contributed by atoms with Crippen LogP contribution in [-0.4, -0.2) is 51.3 Å². The highest BCUT2D eigenvalue weighted by Gasteiger charge is 2.51. The molecular weight excluding hydrogens is 526 g/mol. The SMILES string of the molecule is CC(C)(C)NS(=O)(=O)c1ccc(C2(O)C(=O)N(Cc3ccc(N4CCC5(COC5)C4)cc3)c3ccccc32)cc1. The Morgan fingerprint density at radius 1 is 0.975 bits per heavy atom. The van der Waals surface area contributed by atoms with Crippen molar-refractivity contribution in [2.75, 3.05) is 36.1 Å². The zero-order valence-electron chi connectivity index (χ0n) is 23.1. The van der Waals surface area contributed by atoms with E-state index >= 15 is 0 Å². The molecule has 1 unspecified atom stereocenters. The van der Waals surface area contributed by atoms with Gasteiger partial charge in [-0.3, -0.25) is 4.79 Å². The van der Waals surface area contributed by atoms with E-state index in [0.29, 0.717) is 28.8 Å². The fourth-order valence-corrected chi connectivity index (χ4v) is 7.40. The Hall–Kier alpha value is -3.24. The number of carbonyl (C=O) groups excluding carboxylic acids is 1. The van der Waals surface area contributed by atoms with Gasteiger partial charge in [0.2, 0.25) is 10.0 Å². The number of hydrogen-bond donors (Lipinski definition) is 2. The molecule has 9 heteroatoms. The quantitative estimate of drug-likeness (QED) is 0.476. The second-order valence-electron chi connectivity index (χ2n) is 12.3. The highest BCUT2D eigenvalue weighted by atomic mass is 32.2. The first-order valence-electron chi connectivity index (χ1n) is 13.6. The van der Waals surface area contributed by atoms with Crippen molar-refractivity contribution in [3.05, 3.63) is 89.5 Å². The normalized spacial score (nSPS) is 22.1. The van der Waals surface area contributed by atoms with E-state index < -0.39 is 27.1 Å². The second-order valence-corrected chi connectivity index (χ2v) is 14.0. The topological polar surface area (TPSA) is 99.2 Å². The molecule has 3 aromatic rings. The molecule has 0 bridgehead atoms. The molecule has 3 aliphatic heterocycles. The van der Waals surface area contributed by atoms with Crippen LogP contribution in [0, 0.1) is 5.41 Å². The number of fused-ring (bicyclic) bond motifs is 1. The van der Waals surface area contributed by atoms with E-state index in [9.17, 15) is 18.3 Å². The first-order chi connectivity index (χ1) is 18.9. The fourth-order valence-electron chi connectivity index (χ4n) is 5.98. The van der Waals surface area contributed by atoms with Gasteiger partial charge in [-0.05, 0) is 68.7 Å². The maximum Gasteiger partial charge on any atom is 0.268 e. The number of aliphatic hydroxyl groups is 1. The average molecular weight is 562 g/mol. The summed E-state index contributed by atoms with van der Waals surface area (Å²) in [6.07, 6.45) is 1.15. The van der Waals surface area contributed by atoms with Crippen LogP contribution in [0.5, 0.6) is 0 Å². The van der Waals surface area contributed by atoms with Crippen LogP contribution in [0.3, 0.4) is 0 Å². The summed E-state index contributed by atoms with van der Waals surface area (Å²) < 4.78 is 33.6. The molecule has 1 amide bonds. The van der Waals surface area contributed by atoms with E-state index in [2.05, 4.69) is 21.8 Å². The van der Waals surface area contributed by atoms with Gasteiger partial charge in [-0.1, -0.05) is 42.5 Å². The predicted octanol–water partition coefficient (Wildman–Crippen LogP) is 3.77.